The van der Waals surface area contributed by atoms with Gasteiger partial charge in [-0.25, -0.2) is 4.39 Å². The van der Waals surface area contributed by atoms with Gasteiger partial charge in [-0.15, -0.1) is 0 Å². The largest absolute Gasteiger partial charge is 0.341 e. The van der Waals surface area contributed by atoms with Gasteiger partial charge in [-0.2, -0.15) is 0 Å². The standard InChI is InChI=1S/C16H15FN2O2/c1-11(12-5-3-2-4-6-12)18-15(20)16(21)19-14-9-7-13(17)8-10-14/h2-11H,1H3,(H,18,20)(H,19,21). The van der Waals surface area contributed by atoms with Crippen molar-refractivity contribution in [2.75, 3.05) is 5.32 Å². The molecule has 21 heavy (non-hydrogen) atoms. The summed E-state index contributed by atoms with van der Waals surface area (Å²) < 4.78 is 12.8. The van der Waals surface area contributed by atoms with E-state index in [9.17, 15) is 14.0 Å². The Bertz CT molecular complexity index is 626. The van der Waals surface area contributed by atoms with Crippen molar-refractivity contribution in [3.63, 3.8) is 0 Å². The van der Waals surface area contributed by atoms with E-state index in [0.717, 1.165) is 5.56 Å². The molecule has 1 unspecified atom stereocenters. The molecule has 2 aromatic rings. The van der Waals surface area contributed by atoms with Crippen molar-refractivity contribution in [1.82, 2.24) is 5.32 Å². The van der Waals surface area contributed by atoms with Gasteiger partial charge in [0, 0.05) is 5.69 Å². The number of amides is 2. The average molecular weight is 286 g/mol. The minimum absolute atomic E-state index is 0.280. The summed E-state index contributed by atoms with van der Waals surface area (Å²) in [5.74, 6) is -1.93. The normalized spacial score (nSPS) is 11.5. The maximum Gasteiger partial charge on any atom is 0.313 e. The highest BCUT2D eigenvalue weighted by Gasteiger charge is 2.17. The van der Waals surface area contributed by atoms with Crippen LogP contribution in [0.5, 0.6) is 0 Å². The Labute approximate surface area is 122 Å². The molecule has 0 saturated carbocycles. The van der Waals surface area contributed by atoms with Gasteiger partial charge in [-0.05, 0) is 36.8 Å². The first-order chi connectivity index (χ1) is 10.1. The van der Waals surface area contributed by atoms with Crippen LogP contribution in [0.15, 0.2) is 54.6 Å². The van der Waals surface area contributed by atoms with E-state index < -0.39 is 17.6 Å². The van der Waals surface area contributed by atoms with Crippen LogP contribution in [-0.4, -0.2) is 11.8 Å². The Morgan fingerprint density at radius 1 is 0.952 bits per heavy atom. The van der Waals surface area contributed by atoms with Crippen molar-refractivity contribution in [3.8, 4) is 0 Å². The fourth-order valence-corrected chi connectivity index (χ4v) is 1.81. The molecule has 108 valence electrons. The summed E-state index contributed by atoms with van der Waals surface area (Å²) in [4.78, 5) is 23.5. The van der Waals surface area contributed by atoms with Crippen molar-refractivity contribution in [2.24, 2.45) is 0 Å². The topological polar surface area (TPSA) is 58.2 Å². The van der Waals surface area contributed by atoms with Crippen molar-refractivity contribution in [2.45, 2.75) is 13.0 Å². The van der Waals surface area contributed by atoms with Crippen LogP contribution < -0.4 is 10.6 Å². The minimum atomic E-state index is -0.788. The van der Waals surface area contributed by atoms with Gasteiger partial charge in [0.1, 0.15) is 5.82 Å². The van der Waals surface area contributed by atoms with Crippen LogP contribution in [0.2, 0.25) is 0 Å². The number of nitrogens with one attached hydrogen (secondary N) is 2. The zero-order valence-corrected chi connectivity index (χ0v) is 11.5. The summed E-state index contributed by atoms with van der Waals surface area (Å²) in [7, 11) is 0. The number of hydrogen-bond donors (Lipinski definition) is 2. The second-order valence-electron chi connectivity index (χ2n) is 4.57. The lowest BCUT2D eigenvalue weighted by molar-refractivity contribution is -0.136. The molecule has 0 aromatic heterocycles. The van der Waals surface area contributed by atoms with E-state index in [1.54, 1.807) is 6.92 Å². The van der Waals surface area contributed by atoms with Crippen LogP contribution in [0.1, 0.15) is 18.5 Å². The predicted molar refractivity (Wildman–Crippen MR) is 78.0 cm³/mol. The number of carbonyl (C=O) groups excluding carboxylic acids is 2. The molecule has 0 saturated heterocycles. The van der Waals surface area contributed by atoms with E-state index in [0.29, 0.717) is 5.69 Å². The van der Waals surface area contributed by atoms with Crippen molar-refractivity contribution >= 4 is 17.5 Å². The first-order valence-electron chi connectivity index (χ1n) is 6.48. The van der Waals surface area contributed by atoms with E-state index in [1.807, 2.05) is 30.3 Å². The molecular weight excluding hydrogens is 271 g/mol. The van der Waals surface area contributed by atoms with Gasteiger partial charge >= 0.3 is 11.8 Å². The zero-order chi connectivity index (χ0) is 15.2. The summed E-state index contributed by atoms with van der Waals surface area (Å²) in [6, 6.07) is 14.2. The van der Waals surface area contributed by atoms with E-state index in [1.165, 1.54) is 24.3 Å². The maximum absolute atomic E-state index is 12.8. The molecular formula is C16H15FN2O2. The van der Waals surface area contributed by atoms with Gasteiger partial charge in [-0.3, -0.25) is 9.59 Å². The lowest BCUT2D eigenvalue weighted by atomic mass is 10.1. The first-order valence-corrected chi connectivity index (χ1v) is 6.48. The number of halogens is 1. The number of carbonyl (C=O) groups is 2. The monoisotopic (exact) mass is 286 g/mol. The number of anilines is 1. The third-order valence-corrected chi connectivity index (χ3v) is 2.96. The summed E-state index contributed by atoms with van der Waals surface area (Å²) in [6.07, 6.45) is 0. The average Bonchev–Trinajstić information content (AvgIpc) is 2.50. The molecule has 0 aliphatic heterocycles. The zero-order valence-electron chi connectivity index (χ0n) is 11.5. The Hall–Kier alpha value is -2.69. The van der Waals surface area contributed by atoms with E-state index in [-0.39, 0.29) is 6.04 Å². The van der Waals surface area contributed by atoms with Crippen molar-refractivity contribution in [1.29, 1.82) is 0 Å². The Morgan fingerprint density at radius 3 is 2.19 bits per heavy atom. The smallest absolute Gasteiger partial charge is 0.313 e. The second-order valence-corrected chi connectivity index (χ2v) is 4.57. The number of rotatable bonds is 3. The third kappa shape index (κ3) is 4.14. The van der Waals surface area contributed by atoms with Crippen molar-refractivity contribution < 1.29 is 14.0 Å². The molecule has 0 bridgehead atoms. The van der Waals surface area contributed by atoms with Crippen LogP contribution in [0.25, 0.3) is 0 Å². The van der Waals surface area contributed by atoms with Gasteiger partial charge in [-0.1, -0.05) is 30.3 Å². The molecule has 5 heteroatoms. The third-order valence-electron chi connectivity index (χ3n) is 2.96. The van der Waals surface area contributed by atoms with Crippen LogP contribution in [0.3, 0.4) is 0 Å². The Kier molecular flexibility index (Phi) is 4.66. The van der Waals surface area contributed by atoms with Crippen LogP contribution >= 0.6 is 0 Å². The van der Waals surface area contributed by atoms with Gasteiger partial charge in [0.2, 0.25) is 0 Å². The summed E-state index contributed by atoms with van der Waals surface area (Å²) in [6.45, 7) is 1.79. The predicted octanol–water partition coefficient (Wildman–Crippen LogP) is 2.64. The molecule has 2 rings (SSSR count). The summed E-state index contributed by atoms with van der Waals surface area (Å²) >= 11 is 0. The molecule has 1 atom stereocenters. The molecule has 0 aliphatic carbocycles. The quantitative estimate of drug-likeness (QED) is 0.852. The second kappa shape index (κ2) is 6.65. The SMILES string of the molecule is CC(NC(=O)C(=O)Nc1ccc(F)cc1)c1ccccc1. The van der Waals surface area contributed by atoms with Crippen LogP contribution in [0, 0.1) is 5.82 Å². The fourth-order valence-electron chi connectivity index (χ4n) is 1.81. The highest BCUT2D eigenvalue weighted by molar-refractivity contribution is 6.39. The molecule has 2 amide bonds. The molecule has 0 fully saturated rings. The van der Waals surface area contributed by atoms with Crippen LogP contribution in [0.4, 0.5) is 10.1 Å². The highest BCUT2D eigenvalue weighted by Crippen LogP contribution is 2.11. The molecule has 0 aliphatic rings. The van der Waals surface area contributed by atoms with Crippen molar-refractivity contribution in [3.05, 3.63) is 66.0 Å². The molecule has 0 radical (unpaired) electrons. The fraction of sp³-hybridized carbons (Fsp3) is 0.125. The molecule has 0 heterocycles. The Balaban J connectivity index is 1.93. The van der Waals surface area contributed by atoms with E-state index in [4.69, 9.17) is 0 Å². The summed E-state index contributed by atoms with van der Waals surface area (Å²) in [5, 5.41) is 5.01. The maximum atomic E-state index is 12.8. The Morgan fingerprint density at radius 2 is 1.57 bits per heavy atom. The molecule has 4 nitrogen and oxygen atoms in total. The van der Waals surface area contributed by atoms with Crippen LogP contribution in [-0.2, 0) is 9.59 Å². The first kappa shape index (κ1) is 14.7. The summed E-state index contributed by atoms with van der Waals surface area (Å²) in [5.41, 5.74) is 1.27. The molecule has 2 aromatic carbocycles. The van der Waals surface area contributed by atoms with E-state index in [2.05, 4.69) is 10.6 Å². The minimum Gasteiger partial charge on any atom is -0.341 e. The highest BCUT2D eigenvalue weighted by atomic mass is 19.1. The molecule has 2 N–H and O–H groups in total. The molecule has 0 spiro atoms. The number of hydrogen-bond acceptors (Lipinski definition) is 2. The van der Waals surface area contributed by atoms with Gasteiger partial charge in [0.15, 0.2) is 0 Å². The van der Waals surface area contributed by atoms with Gasteiger partial charge < -0.3 is 10.6 Å². The lowest BCUT2D eigenvalue weighted by Gasteiger charge is -2.14. The van der Waals surface area contributed by atoms with E-state index >= 15 is 0 Å². The number of benzene rings is 2. The van der Waals surface area contributed by atoms with Gasteiger partial charge in [0.25, 0.3) is 0 Å². The van der Waals surface area contributed by atoms with Gasteiger partial charge in [0.05, 0.1) is 6.04 Å². The lowest BCUT2D eigenvalue weighted by Crippen LogP contribution is -2.36.